The Balaban J connectivity index is 4.65. The number of carbonyl (C=O) groups is 1. The molecule has 4 N–H and O–H groups in total. The zero-order valence-electron chi connectivity index (χ0n) is 35.9. The normalized spacial score (nSPS) is 15.8. The Labute approximate surface area is 342 Å². The van der Waals surface area contributed by atoms with Gasteiger partial charge in [-0.2, -0.15) is 0 Å². The summed E-state index contributed by atoms with van der Waals surface area (Å²) in [5, 5.41) is 23.6. The smallest absolute Gasteiger partial charge is 0.389 e. The van der Waals surface area contributed by atoms with Crippen molar-refractivity contribution >= 4 is 13.7 Å². The number of hydrogen-bond acceptors (Lipinski definition) is 6. The first-order chi connectivity index (χ1) is 26.9. The molecule has 0 rings (SSSR count). The predicted molar refractivity (Wildman–Crippen MR) is 236 cm³/mol. The van der Waals surface area contributed by atoms with E-state index in [-0.39, 0.29) is 25.5 Å². The third kappa shape index (κ3) is 38.5. The highest BCUT2D eigenvalue weighted by atomic mass is 31.2. The molecule has 4 atom stereocenters. The second-order valence-corrected chi connectivity index (χ2v) is 17.0. The molecule has 0 spiro atoms. The third-order valence-corrected chi connectivity index (χ3v) is 9.95. The zero-order valence-corrected chi connectivity index (χ0v) is 36.8. The first-order valence-corrected chi connectivity index (χ1v) is 23.1. The Morgan fingerprint density at radius 1 is 0.679 bits per heavy atom. The van der Waals surface area contributed by atoms with Gasteiger partial charge in [-0.25, -0.2) is 4.57 Å². The van der Waals surface area contributed by atoms with Gasteiger partial charge in [-0.3, -0.25) is 13.8 Å². The highest BCUT2D eigenvalue weighted by molar-refractivity contribution is 7.47. The average Bonchev–Trinajstić information content (AvgIpc) is 3.14. The average molecular weight is 806 g/mol. The van der Waals surface area contributed by atoms with Crippen LogP contribution in [0.15, 0.2) is 85.1 Å². The third-order valence-electron chi connectivity index (χ3n) is 8.96. The molecule has 0 aliphatic rings. The summed E-state index contributed by atoms with van der Waals surface area (Å²) in [5.41, 5.74) is 0. The van der Waals surface area contributed by atoms with E-state index in [2.05, 4.69) is 49.5 Å². The van der Waals surface area contributed by atoms with Crippen molar-refractivity contribution in [3.8, 4) is 0 Å². The lowest BCUT2D eigenvalue weighted by molar-refractivity contribution is -0.870. The molecule has 0 bridgehead atoms. The summed E-state index contributed by atoms with van der Waals surface area (Å²) in [4.78, 5) is 23.0. The molecule has 2 unspecified atom stereocenters. The van der Waals surface area contributed by atoms with Gasteiger partial charge in [0, 0.05) is 6.42 Å². The summed E-state index contributed by atoms with van der Waals surface area (Å²) in [7, 11) is 1.49. The maximum Gasteiger partial charge on any atom is 0.472 e. The van der Waals surface area contributed by atoms with E-state index in [0.717, 1.165) is 44.9 Å². The lowest BCUT2D eigenvalue weighted by Crippen LogP contribution is -2.45. The van der Waals surface area contributed by atoms with Gasteiger partial charge in [0.25, 0.3) is 0 Å². The molecule has 0 aromatic heterocycles. The molecule has 0 aliphatic heterocycles. The summed E-state index contributed by atoms with van der Waals surface area (Å²) >= 11 is 0. The molecule has 322 valence electrons. The summed E-state index contributed by atoms with van der Waals surface area (Å²) < 4.78 is 23.5. The van der Waals surface area contributed by atoms with Gasteiger partial charge >= 0.3 is 7.82 Å². The maximum atomic E-state index is 12.8. The molecule has 1 amide bonds. The van der Waals surface area contributed by atoms with Gasteiger partial charge in [0.05, 0.1) is 46.0 Å². The van der Waals surface area contributed by atoms with Gasteiger partial charge < -0.3 is 24.9 Å². The molecule has 9 nitrogen and oxygen atoms in total. The molecular formula is C46H82N2O7P+. The van der Waals surface area contributed by atoms with Gasteiger partial charge in [-0.1, -0.05) is 170 Å². The minimum atomic E-state index is -4.37. The zero-order chi connectivity index (χ0) is 41.6. The van der Waals surface area contributed by atoms with E-state index in [0.29, 0.717) is 23.9 Å². The Bertz CT molecular complexity index is 1200. The van der Waals surface area contributed by atoms with E-state index in [9.17, 15) is 24.5 Å². The van der Waals surface area contributed by atoms with Crippen molar-refractivity contribution in [2.45, 2.75) is 161 Å². The van der Waals surface area contributed by atoms with Crippen LogP contribution in [-0.4, -0.2) is 84.6 Å². The summed E-state index contributed by atoms with van der Waals surface area (Å²) in [5.74, 6) is -0.277. The van der Waals surface area contributed by atoms with Crippen LogP contribution in [0.5, 0.6) is 0 Å². The van der Waals surface area contributed by atoms with Crippen LogP contribution in [0, 0.1) is 0 Å². The Morgan fingerprint density at radius 2 is 1.25 bits per heavy atom. The number of phosphoric acid groups is 1. The van der Waals surface area contributed by atoms with Crippen molar-refractivity contribution in [3.63, 3.8) is 0 Å². The second-order valence-electron chi connectivity index (χ2n) is 15.5. The first-order valence-electron chi connectivity index (χ1n) is 21.6. The predicted octanol–water partition coefficient (Wildman–Crippen LogP) is 10.8. The van der Waals surface area contributed by atoms with Gasteiger partial charge in [0.1, 0.15) is 13.2 Å². The lowest BCUT2D eigenvalue weighted by atomic mass is 10.0. The van der Waals surface area contributed by atoms with Crippen LogP contribution in [0.4, 0.5) is 0 Å². The second kappa shape index (κ2) is 36.9. The SMILES string of the molecule is CC/C=C\CC(O)/C=C/C=C/C/C=C\C/C=C\C/C=C\CCC(=O)N[C@@H](COP(=O)(O)OCC[N+](C)(C)C)[C@H](O)/C=C/CCCCCCCCCCCCCC. The van der Waals surface area contributed by atoms with Crippen molar-refractivity contribution in [2.75, 3.05) is 40.9 Å². The molecule has 0 saturated carbocycles. The number of amides is 1. The topological polar surface area (TPSA) is 125 Å². The number of likely N-dealkylation sites (N-methyl/N-ethyl adjacent to an activating group) is 1. The number of rotatable bonds is 37. The van der Waals surface area contributed by atoms with E-state index in [4.69, 9.17) is 9.05 Å². The molecule has 0 fully saturated rings. The minimum Gasteiger partial charge on any atom is -0.389 e. The molecule has 0 heterocycles. The molecule has 0 aromatic carbocycles. The minimum absolute atomic E-state index is 0.0363. The van der Waals surface area contributed by atoms with Gasteiger partial charge in [-0.15, -0.1) is 0 Å². The Morgan fingerprint density at radius 3 is 1.84 bits per heavy atom. The molecular weight excluding hydrogens is 723 g/mol. The highest BCUT2D eigenvalue weighted by Gasteiger charge is 2.27. The lowest BCUT2D eigenvalue weighted by Gasteiger charge is -2.25. The van der Waals surface area contributed by atoms with E-state index >= 15 is 0 Å². The fourth-order valence-electron chi connectivity index (χ4n) is 5.50. The van der Waals surface area contributed by atoms with Crippen LogP contribution in [0.3, 0.4) is 0 Å². The van der Waals surface area contributed by atoms with Crippen molar-refractivity contribution in [1.29, 1.82) is 0 Å². The van der Waals surface area contributed by atoms with Crippen LogP contribution >= 0.6 is 7.82 Å². The quantitative estimate of drug-likeness (QED) is 0.0162. The monoisotopic (exact) mass is 806 g/mol. The molecule has 0 aliphatic carbocycles. The summed E-state index contributed by atoms with van der Waals surface area (Å²) in [6.07, 6.45) is 47.1. The number of carbonyl (C=O) groups excluding carboxylic acids is 1. The Kier molecular flexibility index (Phi) is 35.4. The van der Waals surface area contributed by atoms with Crippen molar-refractivity contribution < 1.29 is 38.0 Å². The van der Waals surface area contributed by atoms with Gasteiger partial charge in [0.2, 0.25) is 5.91 Å². The van der Waals surface area contributed by atoms with Gasteiger partial charge in [0.15, 0.2) is 0 Å². The first kappa shape index (κ1) is 53.6. The number of phosphoric ester groups is 1. The number of hydrogen-bond donors (Lipinski definition) is 4. The van der Waals surface area contributed by atoms with E-state index in [1.165, 1.54) is 64.2 Å². The van der Waals surface area contributed by atoms with E-state index in [1.807, 2.05) is 63.7 Å². The molecule has 0 aromatic rings. The molecule has 10 heteroatoms. The standard InChI is InChI=1S/C46H81N2O7P/c1-6-8-10-11-12-13-14-15-18-21-24-27-30-34-38-45(50)44(42-55-56(52,53)54-41-40-48(3,4)5)47-46(51)39-35-31-28-25-22-19-16-17-20-23-26-29-33-37-43(49)36-32-9-7-2/h9,17,19-20,22,26,28-29,31-34,37-38,43-45,49-50H,6-8,10-16,18,21,23-25,27,30,35-36,39-42H2,1-5H3,(H-,47,51,52,53)/p+1/b20-17-,22-19-,29-26+,31-28-,32-9-,37-33+,38-34+/t43?,44-,45+/m0/s1. The van der Waals surface area contributed by atoms with E-state index in [1.54, 1.807) is 12.2 Å². The highest BCUT2D eigenvalue weighted by Crippen LogP contribution is 2.43. The molecule has 0 saturated heterocycles. The van der Waals surface area contributed by atoms with Crippen molar-refractivity contribution in [3.05, 3.63) is 85.1 Å². The number of aliphatic hydroxyl groups is 2. The molecule has 0 radical (unpaired) electrons. The number of nitrogens with one attached hydrogen (secondary N) is 1. The van der Waals surface area contributed by atoms with Gasteiger partial charge in [-0.05, 0) is 51.4 Å². The van der Waals surface area contributed by atoms with Crippen LogP contribution in [0.2, 0.25) is 0 Å². The fraction of sp³-hybridized carbons (Fsp3) is 0.674. The summed E-state index contributed by atoms with van der Waals surface area (Å²) in [6.45, 7) is 4.51. The number of allylic oxidation sites excluding steroid dienone is 11. The van der Waals surface area contributed by atoms with E-state index < -0.39 is 26.1 Å². The van der Waals surface area contributed by atoms with Crippen molar-refractivity contribution in [1.82, 2.24) is 5.32 Å². The number of nitrogens with zero attached hydrogens (tertiary/aromatic N) is 1. The van der Waals surface area contributed by atoms with Crippen molar-refractivity contribution in [2.24, 2.45) is 0 Å². The number of aliphatic hydroxyl groups excluding tert-OH is 2. The Hall–Kier alpha value is -2.36. The van der Waals surface area contributed by atoms with Crippen LogP contribution in [-0.2, 0) is 18.4 Å². The summed E-state index contributed by atoms with van der Waals surface area (Å²) in [6, 6.07) is -0.902. The fourth-order valence-corrected chi connectivity index (χ4v) is 6.23. The molecule has 56 heavy (non-hydrogen) atoms. The van der Waals surface area contributed by atoms with Crippen LogP contribution < -0.4 is 5.32 Å². The number of quaternary nitrogens is 1. The number of unbranched alkanes of at least 4 members (excludes halogenated alkanes) is 12. The van der Waals surface area contributed by atoms with Crippen LogP contribution in [0.25, 0.3) is 0 Å². The largest absolute Gasteiger partial charge is 0.472 e. The van der Waals surface area contributed by atoms with Crippen LogP contribution in [0.1, 0.15) is 142 Å². The maximum absolute atomic E-state index is 12.8.